The topological polar surface area (TPSA) is 28.2 Å². The molecule has 0 spiro atoms. The Balaban J connectivity index is 1.71. The van der Waals surface area contributed by atoms with Gasteiger partial charge in [0, 0.05) is 31.4 Å². The van der Waals surface area contributed by atoms with Crippen molar-refractivity contribution in [2.75, 3.05) is 11.4 Å². The lowest BCUT2D eigenvalue weighted by Gasteiger charge is -2.23. The minimum Gasteiger partial charge on any atom is -0.349 e. The number of anilines is 1. The lowest BCUT2D eigenvalue weighted by Crippen LogP contribution is -2.27. The fourth-order valence-corrected chi connectivity index (χ4v) is 2.56. The van der Waals surface area contributed by atoms with Crippen molar-refractivity contribution in [3.8, 4) is 0 Å². The second kappa shape index (κ2) is 5.51. The molecule has 1 aromatic rings. The Morgan fingerprint density at radius 1 is 1.42 bits per heavy atom. The van der Waals surface area contributed by atoms with Gasteiger partial charge >= 0.3 is 0 Å². The summed E-state index contributed by atoms with van der Waals surface area (Å²) in [5.41, 5.74) is 1.16. The predicted octanol–water partition coefficient (Wildman–Crippen LogP) is 3.14. The summed E-state index contributed by atoms with van der Waals surface area (Å²) in [4.78, 5) is 6.82. The molecule has 4 heteroatoms. The van der Waals surface area contributed by atoms with Gasteiger partial charge in [-0.15, -0.1) is 6.58 Å². The summed E-state index contributed by atoms with van der Waals surface area (Å²) >= 11 is 6.40. The lowest BCUT2D eigenvalue weighted by molar-refractivity contribution is 0.685. The fourth-order valence-electron chi connectivity index (χ4n) is 2.26. The zero-order valence-electron chi connectivity index (χ0n) is 11.1. The van der Waals surface area contributed by atoms with Crippen molar-refractivity contribution in [2.24, 2.45) is 0 Å². The van der Waals surface area contributed by atoms with Crippen molar-refractivity contribution in [1.29, 1.82) is 0 Å². The summed E-state index contributed by atoms with van der Waals surface area (Å²) < 4.78 is 0. The third-order valence-corrected chi connectivity index (χ3v) is 3.91. The minimum atomic E-state index is 0.596. The summed E-state index contributed by atoms with van der Waals surface area (Å²) in [5.74, 6) is 0.902. The minimum absolute atomic E-state index is 0.596. The van der Waals surface area contributed by atoms with E-state index in [1.54, 1.807) is 0 Å². The maximum absolute atomic E-state index is 6.40. The van der Waals surface area contributed by atoms with Crippen molar-refractivity contribution in [3.63, 3.8) is 0 Å². The number of pyridine rings is 1. The molecular formula is C15H20ClN3. The van der Waals surface area contributed by atoms with Crippen LogP contribution in [-0.2, 0) is 6.54 Å². The first kappa shape index (κ1) is 12.9. The van der Waals surface area contributed by atoms with Crippen LogP contribution < -0.4 is 10.2 Å². The number of halogens is 1. The number of nitrogens with zero attached hydrogens (tertiary/aromatic N) is 2. The average molecular weight is 278 g/mol. The smallest absolute Gasteiger partial charge is 0.147 e. The van der Waals surface area contributed by atoms with E-state index < -0.39 is 0 Å². The highest BCUT2D eigenvalue weighted by Crippen LogP contribution is 2.34. The number of hydrogen-bond acceptors (Lipinski definition) is 3. The van der Waals surface area contributed by atoms with Crippen molar-refractivity contribution < 1.29 is 0 Å². The van der Waals surface area contributed by atoms with E-state index in [9.17, 15) is 0 Å². The molecule has 3 rings (SSSR count). The summed E-state index contributed by atoms with van der Waals surface area (Å²) in [6, 6.07) is 3.35. The molecule has 0 bridgehead atoms. The van der Waals surface area contributed by atoms with E-state index in [1.807, 2.05) is 18.3 Å². The molecule has 2 saturated carbocycles. The maximum Gasteiger partial charge on any atom is 0.147 e. The highest BCUT2D eigenvalue weighted by molar-refractivity contribution is 6.33. The van der Waals surface area contributed by atoms with E-state index in [-0.39, 0.29) is 0 Å². The first-order valence-corrected chi connectivity index (χ1v) is 7.41. The Morgan fingerprint density at radius 3 is 2.79 bits per heavy atom. The first-order chi connectivity index (χ1) is 9.28. The molecule has 1 aromatic heterocycles. The van der Waals surface area contributed by atoms with Crippen molar-refractivity contribution >= 4 is 17.4 Å². The third-order valence-electron chi connectivity index (χ3n) is 3.64. The maximum atomic E-state index is 6.40. The standard InChI is InChI=1S/C15H20ClN3/c1-2-7-19(13-5-6-13)15-14(16)8-11(10-18-15)9-17-12-3-4-12/h2,8,10,12-13,17H,1,3-7,9H2. The van der Waals surface area contributed by atoms with Crippen LogP contribution in [0.2, 0.25) is 5.02 Å². The van der Waals surface area contributed by atoms with Crippen LogP contribution in [-0.4, -0.2) is 23.6 Å². The van der Waals surface area contributed by atoms with Gasteiger partial charge in [-0.3, -0.25) is 0 Å². The molecule has 0 aromatic carbocycles. The summed E-state index contributed by atoms with van der Waals surface area (Å²) in [6.07, 6.45) is 8.92. The van der Waals surface area contributed by atoms with Crippen molar-refractivity contribution in [3.05, 3.63) is 35.5 Å². The molecule has 0 aliphatic heterocycles. The molecule has 0 unspecified atom stereocenters. The summed E-state index contributed by atoms with van der Waals surface area (Å²) in [7, 11) is 0. The predicted molar refractivity (Wildman–Crippen MR) is 79.7 cm³/mol. The molecular weight excluding hydrogens is 258 g/mol. The third kappa shape index (κ3) is 3.28. The van der Waals surface area contributed by atoms with Crippen LogP contribution in [0.15, 0.2) is 24.9 Å². The van der Waals surface area contributed by atoms with E-state index in [0.717, 1.165) is 29.5 Å². The number of rotatable bonds is 7. The highest BCUT2D eigenvalue weighted by atomic mass is 35.5. The number of aromatic nitrogens is 1. The van der Waals surface area contributed by atoms with Crippen LogP contribution in [0.3, 0.4) is 0 Å². The molecule has 3 nitrogen and oxygen atoms in total. The van der Waals surface area contributed by atoms with Crippen LogP contribution in [0.5, 0.6) is 0 Å². The van der Waals surface area contributed by atoms with Crippen LogP contribution in [0, 0.1) is 0 Å². The van der Waals surface area contributed by atoms with E-state index in [4.69, 9.17) is 11.6 Å². The Hall–Kier alpha value is -1.06. The summed E-state index contributed by atoms with van der Waals surface area (Å²) in [6.45, 7) is 5.50. The van der Waals surface area contributed by atoms with Gasteiger partial charge in [0.25, 0.3) is 0 Å². The molecule has 1 N–H and O–H groups in total. The Bertz CT molecular complexity index is 466. The van der Waals surface area contributed by atoms with Gasteiger partial charge < -0.3 is 10.2 Å². The number of nitrogens with one attached hydrogen (secondary N) is 1. The molecule has 2 fully saturated rings. The zero-order chi connectivity index (χ0) is 13.2. The van der Waals surface area contributed by atoms with E-state index in [2.05, 4.69) is 21.8 Å². The molecule has 0 radical (unpaired) electrons. The Labute approximate surface area is 119 Å². The molecule has 0 amide bonds. The monoisotopic (exact) mass is 277 g/mol. The SMILES string of the molecule is C=CCN(c1ncc(CNC2CC2)cc1Cl)C1CC1. The molecule has 102 valence electrons. The van der Waals surface area contributed by atoms with Gasteiger partial charge in [0.2, 0.25) is 0 Å². The largest absolute Gasteiger partial charge is 0.349 e. The van der Waals surface area contributed by atoms with Gasteiger partial charge in [0.15, 0.2) is 0 Å². The Morgan fingerprint density at radius 2 is 2.21 bits per heavy atom. The quantitative estimate of drug-likeness (QED) is 0.776. The van der Waals surface area contributed by atoms with Crippen LogP contribution >= 0.6 is 11.6 Å². The lowest BCUT2D eigenvalue weighted by atomic mass is 10.2. The van der Waals surface area contributed by atoms with Gasteiger partial charge in [-0.25, -0.2) is 4.98 Å². The normalized spacial score (nSPS) is 18.4. The van der Waals surface area contributed by atoms with Crippen molar-refractivity contribution in [1.82, 2.24) is 10.3 Å². The van der Waals surface area contributed by atoms with E-state index in [0.29, 0.717) is 12.1 Å². The summed E-state index contributed by atoms with van der Waals surface area (Å²) in [5, 5.41) is 4.23. The molecule has 2 aliphatic rings. The molecule has 1 heterocycles. The molecule has 0 saturated heterocycles. The van der Waals surface area contributed by atoms with Crippen molar-refractivity contribution in [2.45, 2.75) is 44.3 Å². The Kier molecular flexibility index (Phi) is 3.76. The van der Waals surface area contributed by atoms with Crippen LogP contribution in [0.25, 0.3) is 0 Å². The van der Waals surface area contributed by atoms with E-state index >= 15 is 0 Å². The first-order valence-electron chi connectivity index (χ1n) is 7.03. The van der Waals surface area contributed by atoms with Crippen LogP contribution in [0.1, 0.15) is 31.2 Å². The van der Waals surface area contributed by atoms with Gasteiger partial charge in [-0.2, -0.15) is 0 Å². The van der Waals surface area contributed by atoms with Gasteiger partial charge in [-0.05, 0) is 37.3 Å². The molecule has 0 atom stereocenters. The average Bonchev–Trinajstić information content (AvgIpc) is 3.28. The number of hydrogen-bond donors (Lipinski definition) is 1. The second-order valence-corrected chi connectivity index (χ2v) is 5.88. The fraction of sp³-hybridized carbons (Fsp3) is 0.533. The highest BCUT2D eigenvalue weighted by Gasteiger charge is 2.30. The second-order valence-electron chi connectivity index (χ2n) is 5.48. The molecule has 19 heavy (non-hydrogen) atoms. The van der Waals surface area contributed by atoms with Gasteiger partial charge in [0.05, 0.1) is 5.02 Å². The van der Waals surface area contributed by atoms with Gasteiger partial charge in [-0.1, -0.05) is 17.7 Å². The van der Waals surface area contributed by atoms with Crippen LogP contribution in [0.4, 0.5) is 5.82 Å². The van der Waals surface area contributed by atoms with E-state index in [1.165, 1.54) is 25.7 Å². The van der Waals surface area contributed by atoms with Gasteiger partial charge in [0.1, 0.15) is 5.82 Å². The molecule has 2 aliphatic carbocycles. The zero-order valence-corrected chi connectivity index (χ0v) is 11.9.